The molecule has 0 aliphatic heterocycles. The highest BCUT2D eigenvalue weighted by molar-refractivity contribution is 5.25. The maximum Gasteiger partial charge on any atom is 0.255 e. The van der Waals surface area contributed by atoms with Crippen molar-refractivity contribution in [3.05, 3.63) is 22.1 Å². The number of nitrogens with zero attached hydrogens (tertiary/aromatic N) is 1. The van der Waals surface area contributed by atoms with Gasteiger partial charge in [0.2, 0.25) is 0 Å². The number of aliphatic hydroxyl groups excluding tert-OH is 2. The lowest BCUT2D eigenvalue weighted by Crippen LogP contribution is -2.42. The van der Waals surface area contributed by atoms with Crippen LogP contribution in [-0.2, 0) is 0 Å². The minimum Gasteiger partial charge on any atom is -0.396 e. The Morgan fingerprint density at radius 3 is 2.83 bits per heavy atom. The van der Waals surface area contributed by atoms with E-state index < -0.39 is 29.1 Å². The van der Waals surface area contributed by atoms with Crippen molar-refractivity contribution in [2.24, 2.45) is 5.92 Å². The Morgan fingerprint density at radius 2 is 2.33 bits per heavy atom. The Kier molecular flexibility index (Phi) is 3.14. The van der Waals surface area contributed by atoms with Gasteiger partial charge in [0.15, 0.2) is 5.95 Å². The lowest BCUT2D eigenvalue weighted by molar-refractivity contribution is -0.0686. The highest BCUT2D eigenvalue weighted by Crippen LogP contribution is 2.44. The van der Waals surface area contributed by atoms with Crippen molar-refractivity contribution in [1.29, 1.82) is 0 Å². The molecule has 7 heteroatoms. The molecule has 0 radical (unpaired) electrons. The van der Waals surface area contributed by atoms with Crippen LogP contribution in [0.3, 0.4) is 0 Å². The Bertz CT molecular complexity index is 499. The van der Waals surface area contributed by atoms with Crippen LogP contribution in [-0.4, -0.2) is 43.6 Å². The van der Waals surface area contributed by atoms with Gasteiger partial charge in [0.1, 0.15) is 0 Å². The molecule has 0 aromatic carbocycles. The normalized spacial score (nSPS) is 35.9. The Morgan fingerprint density at radius 1 is 1.67 bits per heavy atom. The fraction of sp³-hybridized carbons (Fsp3) is 0.636. The molecule has 100 valence electrons. The van der Waals surface area contributed by atoms with Gasteiger partial charge >= 0.3 is 0 Å². The molecule has 1 heterocycles. The number of nitrogens with two attached hydrogens (primary N) is 1. The van der Waals surface area contributed by atoms with Gasteiger partial charge in [-0.15, -0.1) is 0 Å². The number of nitrogen functional groups attached to an aromatic ring is 1. The number of anilines is 1. The fourth-order valence-electron chi connectivity index (χ4n) is 2.64. The van der Waals surface area contributed by atoms with Gasteiger partial charge in [-0.1, -0.05) is 0 Å². The van der Waals surface area contributed by atoms with E-state index in [0.29, 0.717) is 6.42 Å². The zero-order valence-corrected chi connectivity index (χ0v) is 10.00. The van der Waals surface area contributed by atoms with Crippen LogP contribution in [0, 0.1) is 5.92 Å². The summed E-state index contributed by atoms with van der Waals surface area (Å²) in [6.45, 7) is 1.21. The predicted molar refractivity (Wildman–Crippen MR) is 63.8 cm³/mol. The van der Waals surface area contributed by atoms with Crippen LogP contribution in [0.25, 0.3) is 0 Å². The minimum absolute atomic E-state index is 0.000599. The van der Waals surface area contributed by atoms with Crippen molar-refractivity contribution in [1.82, 2.24) is 9.97 Å². The molecule has 1 saturated carbocycles. The molecule has 1 aromatic rings. The van der Waals surface area contributed by atoms with Gasteiger partial charge in [0, 0.05) is 30.2 Å². The Balaban J connectivity index is 2.42. The summed E-state index contributed by atoms with van der Waals surface area (Å²) in [6.07, 6.45) is 0.545. The molecule has 0 unspecified atom stereocenters. The minimum atomic E-state index is -1.47. The number of aromatic amines is 1. The number of hydrogen-bond donors (Lipinski definition) is 5. The summed E-state index contributed by atoms with van der Waals surface area (Å²) in [5.41, 5.74) is 3.72. The van der Waals surface area contributed by atoms with E-state index >= 15 is 0 Å². The first-order chi connectivity index (χ1) is 8.37. The van der Waals surface area contributed by atoms with Gasteiger partial charge in [-0.25, -0.2) is 4.98 Å². The molecule has 1 aliphatic rings. The number of aliphatic hydroxyl groups is 3. The third-order valence-corrected chi connectivity index (χ3v) is 3.75. The van der Waals surface area contributed by atoms with Crippen molar-refractivity contribution in [2.75, 3.05) is 12.3 Å². The third kappa shape index (κ3) is 1.90. The highest BCUT2D eigenvalue weighted by Gasteiger charge is 2.51. The standard InChI is InChI=1S/C11H17N3O4/c1-11(18)7(2-5(4-15)8(11)16)6-3-13-10(12)14-9(6)17/h3,5,7-8,15-16,18H,2,4H2,1H3,(H3,12,13,14,17)/t5-,7+,8-,11+/m1/s1. The Hall–Kier alpha value is -1.44. The van der Waals surface area contributed by atoms with Crippen molar-refractivity contribution < 1.29 is 15.3 Å². The molecule has 1 aliphatic carbocycles. The highest BCUT2D eigenvalue weighted by atomic mass is 16.3. The lowest BCUT2D eigenvalue weighted by atomic mass is 9.87. The summed E-state index contributed by atoms with van der Waals surface area (Å²) in [4.78, 5) is 17.9. The monoisotopic (exact) mass is 255 g/mol. The second kappa shape index (κ2) is 4.34. The van der Waals surface area contributed by atoms with E-state index in [4.69, 9.17) is 10.8 Å². The summed E-state index contributed by atoms with van der Waals surface area (Å²) >= 11 is 0. The van der Waals surface area contributed by atoms with Crippen LogP contribution in [0.1, 0.15) is 24.8 Å². The predicted octanol–water partition coefficient (Wildman–Crippen LogP) is -1.44. The summed E-state index contributed by atoms with van der Waals surface area (Å²) in [5.74, 6) is -1.04. The first-order valence-electron chi connectivity index (χ1n) is 5.74. The van der Waals surface area contributed by atoms with E-state index in [2.05, 4.69) is 9.97 Å². The van der Waals surface area contributed by atoms with Gasteiger partial charge in [0.05, 0.1) is 11.7 Å². The summed E-state index contributed by atoms with van der Waals surface area (Å²) in [7, 11) is 0. The molecule has 0 spiro atoms. The Labute approximate surface area is 103 Å². The lowest BCUT2D eigenvalue weighted by Gasteiger charge is -2.28. The van der Waals surface area contributed by atoms with E-state index in [9.17, 15) is 15.0 Å². The molecule has 1 aromatic heterocycles. The number of nitrogens with one attached hydrogen (secondary N) is 1. The zero-order valence-electron chi connectivity index (χ0n) is 10.00. The molecular formula is C11H17N3O4. The number of H-pyrrole nitrogens is 1. The zero-order chi connectivity index (χ0) is 13.5. The molecular weight excluding hydrogens is 238 g/mol. The molecule has 7 nitrogen and oxygen atoms in total. The first kappa shape index (κ1) is 13.0. The largest absolute Gasteiger partial charge is 0.396 e. The second-order valence-corrected chi connectivity index (χ2v) is 4.95. The molecule has 0 amide bonds. The van der Waals surface area contributed by atoms with Crippen molar-refractivity contribution >= 4 is 5.95 Å². The van der Waals surface area contributed by atoms with Crippen molar-refractivity contribution in [3.63, 3.8) is 0 Å². The van der Waals surface area contributed by atoms with Crippen molar-refractivity contribution in [3.8, 4) is 0 Å². The maximum atomic E-state index is 11.8. The van der Waals surface area contributed by atoms with Crippen LogP contribution in [0.15, 0.2) is 11.0 Å². The molecule has 1 fully saturated rings. The average Bonchev–Trinajstić information content (AvgIpc) is 2.52. The van der Waals surface area contributed by atoms with E-state index in [1.807, 2.05) is 0 Å². The molecule has 0 bridgehead atoms. The van der Waals surface area contributed by atoms with Crippen LogP contribution in [0.4, 0.5) is 5.95 Å². The third-order valence-electron chi connectivity index (χ3n) is 3.75. The molecule has 6 N–H and O–H groups in total. The second-order valence-electron chi connectivity index (χ2n) is 4.95. The first-order valence-corrected chi connectivity index (χ1v) is 5.74. The van der Waals surface area contributed by atoms with Crippen molar-refractivity contribution in [2.45, 2.75) is 31.0 Å². The molecule has 18 heavy (non-hydrogen) atoms. The summed E-state index contributed by atoms with van der Waals surface area (Å²) < 4.78 is 0. The van der Waals surface area contributed by atoms with Gasteiger partial charge in [-0.3, -0.25) is 9.78 Å². The van der Waals surface area contributed by atoms with E-state index in [1.54, 1.807) is 0 Å². The summed E-state index contributed by atoms with van der Waals surface area (Å²) in [5, 5.41) is 29.4. The van der Waals surface area contributed by atoms with Gasteiger partial charge in [-0.2, -0.15) is 0 Å². The quantitative estimate of drug-likeness (QED) is 0.439. The SMILES string of the molecule is C[C@@]1(O)[C@H](O)[C@@H](CO)C[C@H]1c1cnc(N)[nH]c1=O. The van der Waals surface area contributed by atoms with Crippen LogP contribution in [0.5, 0.6) is 0 Å². The topological polar surface area (TPSA) is 132 Å². The summed E-state index contributed by atoms with van der Waals surface area (Å²) in [6, 6.07) is 0. The average molecular weight is 255 g/mol. The van der Waals surface area contributed by atoms with Crippen LogP contribution >= 0.6 is 0 Å². The number of rotatable bonds is 2. The fourth-order valence-corrected chi connectivity index (χ4v) is 2.64. The number of hydrogen-bond acceptors (Lipinski definition) is 6. The number of aromatic nitrogens is 2. The van der Waals surface area contributed by atoms with Crippen LogP contribution in [0.2, 0.25) is 0 Å². The van der Waals surface area contributed by atoms with Gasteiger partial charge in [0.25, 0.3) is 5.56 Å². The van der Waals surface area contributed by atoms with E-state index in [1.165, 1.54) is 13.1 Å². The smallest absolute Gasteiger partial charge is 0.255 e. The molecule has 4 atom stereocenters. The van der Waals surface area contributed by atoms with Crippen LogP contribution < -0.4 is 11.3 Å². The van der Waals surface area contributed by atoms with E-state index in [-0.39, 0.29) is 18.1 Å². The van der Waals surface area contributed by atoms with Gasteiger partial charge < -0.3 is 21.1 Å². The molecule has 0 saturated heterocycles. The van der Waals surface area contributed by atoms with E-state index in [0.717, 1.165) is 0 Å². The van der Waals surface area contributed by atoms with Gasteiger partial charge in [-0.05, 0) is 13.3 Å². The molecule has 2 rings (SSSR count). The maximum absolute atomic E-state index is 11.8.